The molecule has 0 amide bonds. The molecular weight excluding hydrogens is 252 g/mol. The average Bonchev–Trinajstić information content (AvgIpc) is 3.00. The maximum atomic E-state index is 5.92. The van der Waals surface area contributed by atoms with Gasteiger partial charge in [0.05, 0.1) is 5.41 Å². The summed E-state index contributed by atoms with van der Waals surface area (Å²) in [5.41, 5.74) is 7.60. The van der Waals surface area contributed by atoms with Crippen LogP contribution in [0.3, 0.4) is 0 Å². The number of aryl methyl sites for hydroxylation is 1. The SMILES string of the molecule is CCc1cccnc1-c1noc(C(CC)(CC)CN)n1. The Hall–Kier alpha value is -1.75. The van der Waals surface area contributed by atoms with Gasteiger partial charge in [-0.1, -0.05) is 32.0 Å². The topological polar surface area (TPSA) is 77.8 Å². The molecule has 0 fully saturated rings. The van der Waals surface area contributed by atoms with E-state index in [1.54, 1.807) is 6.20 Å². The number of hydrogen-bond acceptors (Lipinski definition) is 5. The van der Waals surface area contributed by atoms with E-state index in [-0.39, 0.29) is 5.41 Å². The molecule has 0 saturated heterocycles. The third-order valence-electron chi connectivity index (χ3n) is 4.11. The molecule has 2 aromatic heterocycles. The van der Waals surface area contributed by atoms with Crippen molar-refractivity contribution in [2.24, 2.45) is 5.73 Å². The molecule has 2 N–H and O–H groups in total. The number of rotatable bonds is 6. The lowest BCUT2D eigenvalue weighted by molar-refractivity contribution is 0.267. The number of hydrogen-bond donors (Lipinski definition) is 1. The zero-order valence-corrected chi connectivity index (χ0v) is 12.4. The highest BCUT2D eigenvalue weighted by Gasteiger charge is 2.33. The molecule has 2 rings (SSSR count). The second-order valence-electron chi connectivity index (χ2n) is 4.98. The van der Waals surface area contributed by atoms with Gasteiger partial charge in [0.25, 0.3) is 0 Å². The minimum absolute atomic E-state index is 0.230. The molecular formula is C15H22N4O. The fraction of sp³-hybridized carbons (Fsp3) is 0.533. The molecule has 2 heterocycles. The molecule has 5 heteroatoms. The highest BCUT2D eigenvalue weighted by atomic mass is 16.5. The zero-order valence-electron chi connectivity index (χ0n) is 12.4. The van der Waals surface area contributed by atoms with Crippen LogP contribution in [-0.4, -0.2) is 21.7 Å². The van der Waals surface area contributed by atoms with Gasteiger partial charge < -0.3 is 10.3 Å². The van der Waals surface area contributed by atoms with Gasteiger partial charge in [-0.25, -0.2) is 0 Å². The number of aromatic nitrogens is 3. The fourth-order valence-electron chi connectivity index (χ4n) is 2.39. The molecule has 0 aliphatic carbocycles. The normalized spacial score (nSPS) is 11.8. The summed E-state index contributed by atoms with van der Waals surface area (Å²) < 4.78 is 5.48. The standard InChI is InChI=1S/C15H22N4O/c1-4-11-8-7-9-17-12(11)13-18-14(20-19-13)15(5-2,6-3)10-16/h7-9H,4-6,10,16H2,1-3H3. The van der Waals surface area contributed by atoms with Crippen LogP contribution in [-0.2, 0) is 11.8 Å². The Morgan fingerprint density at radius 3 is 2.60 bits per heavy atom. The summed E-state index contributed by atoms with van der Waals surface area (Å²) >= 11 is 0. The van der Waals surface area contributed by atoms with E-state index in [9.17, 15) is 0 Å². The first-order valence-corrected chi connectivity index (χ1v) is 7.19. The Bertz CT molecular complexity index is 552. The predicted octanol–water partition coefficient (Wildman–Crippen LogP) is 2.71. The van der Waals surface area contributed by atoms with Crippen molar-refractivity contribution in [3.05, 3.63) is 29.8 Å². The number of nitrogens with two attached hydrogens (primary N) is 1. The Labute approximate surface area is 119 Å². The Morgan fingerprint density at radius 1 is 1.25 bits per heavy atom. The Morgan fingerprint density at radius 2 is 2.00 bits per heavy atom. The summed E-state index contributed by atoms with van der Waals surface area (Å²) in [5, 5.41) is 4.10. The van der Waals surface area contributed by atoms with E-state index in [0.29, 0.717) is 18.3 Å². The summed E-state index contributed by atoms with van der Waals surface area (Å²) in [6.45, 7) is 6.78. The van der Waals surface area contributed by atoms with Gasteiger partial charge in [-0.15, -0.1) is 0 Å². The maximum Gasteiger partial charge on any atom is 0.234 e. The van der Waals surface area contributed by atoms with Gasteiger partial charge in [0.1, 0.15) is 5.69 Å². The van der Waals surface area contributed by atoms with Crippen LogP contribution in [0, 0.1) is 0 Å². The van der Waals surface area contributed by atoms with Crippen molar-refractivity contribution in [2.45, 2.75) is 45.4 Å². The molecule has 0 spiro atoms. The second-order valence-corrected chi connectivity index (χ2v) is 4.98. The summed E-state index contributed by atoms with van der Waals surface area (Å²) in [6, 6.07) is 3.96. The van der Waals surface area contributed by atoms with Gasteiger partial charge in [0.2, 0.25) is 11.7 Å². The Kier molecular flexibility index (Phi) is 4.49. The van der Waals surface area contributed by atoms with Crippen LogP contribution in [0.5, 0.6) is 0 Å². The van der Waals surface area contributed by atoms with Crippen LogP contribution in [0.2, 0.25) is 0 Å². The van der Waals surface area contributed by atoms with Crippen molar-refractivity contribution in [1.29, 1.82) is 0 Å². The monoisotopic (exact) mass is 274 g/mol. The van der Waals surface area contributed by atoms with Crippen LogP contribution in [0.25, 0.3) is 11.5 Å². The maximum absolute atomic E-state index is 5.92. The fourth-order valence-corrected chi connectivity index (χ4v) is 2.39. The molecule has 5 nitrogen and oxygen atoms in total. The molecule has 2 aromatic rings. The van der Waals surface area contributed by atoms with E-state index in [0.717, 1.165) is 30.5 Å². The summed E-state index contributed by atoms with van der Waals surface area (Å²) in [6.07, 6.45) is 4.39. The molecule has 0 aliphatic heterocycles. The highest BCUT2D eigenvalue weighted by molar-refractivity contribution is 5.53. The van der Waals surface area contributed by atoms with Gasteiger partial charge in [-0.05, 0) is 30.9 Å². The molecule has 20 heavy (non-hydrogen) atoms. The number of pyridine rings is 1. The second kappa shape index (κ2) is 6.13. The molecule has 108 valence electrons. The molecule has 0 atom stereocenters. The lowest BCUT2D eigenvalue weighted by Crippen LogP contribution is -2.34. The lowest BCUT2D eigenvalue weighted by atomic mass is 9.82. The first kappa shape index (κ1) is 14.7. The third-order valence-corrected chi connectivity index (χ3v) is 4.11. The van der Waals surface area contributed by atoms with Crippen LogP contribution in [0.1, 0.15) is 45.1 Å². The van der Waals surface area contributed by atoms with E-state index < -0.39 is 0 Å². The van der Waals surface area contributed by atoms with Crippen LogP contribution < -0.4 is 5.73 Å². The highest BCUT2D eigenvalue weighted by Crippen LogP contribution is 2.30. The minimum Gasteiger partial charge on any atom is -0.338 e. The van der Waals surface area contributed by atoms with Gasteiger partial charge >= 0.3 is 0 Å². The van der Waals surface area contributed by atoms with Crippen LogP contribution in [0.4, 0.5) is 0 Å². The van der Waals surface area contributed by atoms with E-state index in [1.807, 2.05) is 12.1 Å². The molecule has 0 unspecified atom stereocenters. The molecule has 0 bridgehead atoms. The average molecular weight is 274 g/mol. The van der Waals surface area contributed by atoms with Crippen LogP contribution in [0.15, 0.2) is 22.9 Å². The molecule has 0 radical (unpaired) electrons. The van der Waals surface area contributed by atoms with E-state index in [1.165, 1.54) is 0 Å². The van der Waals surface area contributed by atoms with Crippen molar-refractivity contribution in [1.82, 2.24) is 15.1 Å². The zero-order chi connectivity index (χ0) is 14.6. The van der Waals surface area contributed by atoms with Crippen molar-refractivity contribution in [3.63, 3.8) is 0 Å². The predicted molar refractivity (Wildman–Crippen MR) is 78.2 cm³/mol. The first-order valence-electron chi connectivity index (χ1n) is 7.19. The van der Waals surface area contributed by atoms with E-state index >= 15 is 0 Å². The molecule has 0 aliphatic rings. The van der Waals surface area contributed by atoms with Gasteiger partial charge in [-0.3, -0.25) is 4.98 Å². The van der Waals surface area contributed by atoms with Gasteiger partial charge in [-0.2, -0.15) is 4.98 Å². The van der Waals surface area contributed by atoms with E-state index in [2.05, 4.69) is 35.9 Å². The first-order chi connectivity index (χ1) is 9.70. The quantitative estimate of drug-likeness (QED) is 0.876. The summed E-state index contributed by atoms with van der Waals surface area (Å²) in [7, 11) is 0. The van der Waals surface area contributed by atoms with Crippen molar-refractivity contribution in [3.8, 4) is 11.5 Å². The van der Waals surface area contributed by atoms with Gasteiger partial charge in [0.15, 0.2) is 0 Å². The molecule has 0 aromatic carbocycles. The lowest BCUT2D eigenvalue weighted by Gasteiger charge is -2.24. The number of nitrogens with zero attached hydrogens (tertiary/aromatic N) is 3. The van der Waals surface area contributed by atoms with E-state index in [4.69, 9.17) is 10.3 Å². The third kappa shape index (κ3) is 2.45. The molecule has 0 saturated carbocycles. The van der Waals surface area contributed by atoms with Crippen molar-refractivity contribution in [2.75, 3.05) is 6.54 Å². The summed E-state index contributed by atoms with van der Waals surface area (Å²) in [5.74, 6) is 1.17. The largest absolute Gasteiger partial charge is 0.338 e. The van der Waals surface area contributed by atoms with Crippen molar-refractivity contribution < 1.29 is 4.52 Å². The minimum atomic E-state index is -0.230. The van der Waals surface area contributed by atoms with Gasteiger partial charge in [0, 0.05) is 12.7 Å². The van der Waals surface area contributed by atoms with Crippen molar-refractivity contribution >= 4 is 0 Å². The van der Waals surface area contributed by atoms with Crippen LogP contribution >= 0.6 is 0 Å². The Balaban J connectivity index is 2.43. The summed E-state index contributed by atoms with van der Waals surface area (Å²) in [4.78, 5) is 8.93. The smallest absolute Gasteiger partial charge is 0.234 e.